The molecule has 0 unspecified atom stereocenters. The summed E-state index contributed by atoms with van der Waals surface area (Å²) >= 11 is 1.78. The number of nitrogens with zero attached hydrogens (tertiary/aromatic N) is 2. The van der Waals surface area contributed by atoms with Crippen LogP contribution in [0.2, 0.25) is 0 Å². The van der Waals surface area contributed by atoms with Crippen molar-refractivity contribution in [3.63, 3.8) is 0 Å². The number of benzene rings is 2. The Hall–Kier alpha value is -3.42. The number of aromatic amines is 1. The number of anilines is 1. The second kappa shape index (κ2) is 7.82. The highest BCUT2D eigenvalue weighted by Crippen LogP contribution is 2.65. The highest BCUT2D eigenvalue weighted by atomic mass is 32.1. The fourth-order valence-corrected chi connectivity index (χ4v) is 6.13. The molecule has 0 radical (unpaired) electrons. The number of methoxy groups -OCH3 is 1. The lowest BCUT2D eigenvalue weighted by atomic mass is 9.91. The first-order valence-corrected chi connectivity index (χ1v) is 12.2. The lowest BCUT2D eigenvalue weighted by Crippen LogP contribution is -2.21. The predicted molar refractivity (Wildman–Crippen MR) is 137 cm³/mol. The summed E-state index contributed by atoms with van der Waals surface area (Å²) < 4.78 is 5.41. The van der Waals surface area contributed by atoms with Crippen LogP contribution in [0.15, 0.2) is 47.8 Å². The number of H-pyrrole nitrogens is 1. The van der Waals surface area contributed by atoms with Gasteiger partial charge in [0.1, 0.15) is 5.75 Å². The maximum atomic E-state index is 13.0. The molecule has 6 rings (SSSR count). The molecule has 172 valence electrons. The SMILES string of the molecule is COc1ccc2c(c1)[C@]1(C[C@H]1c1ccc3c(/C=C/c4csc(CN(C)C)c4)n[nH]c3c1)C(=O)N2. The van der Waals surface area contributed by atoms with Crippen LogP contribution in [0.3, 0.4) is 0 Å². The summed E-state index contributed by atoms with van der Waals surface area (Å²) in [6.07, 6.45) is 4.98. The number of thiophene rings is 1. The fourth-order valence-electron chi connectivity index (χ4n) is 5.16. The molecule has 2 aromatic carbocycles. The topological polar surface area (TPSA) is 70.2 Å². The highest BCUT2D eigenvalue weighted by Gasteiger charge is 2.65. The molecule has 1 fully saturated rings. The van der Waals surface area contributed by atoms with E-state index in [4.69, 9.17) is 4.74 Å². The highest BCUT2D eigenvalue weighted by molar-refractivity contribution is 7.10. The zero-order chi connectivity index (χ0) is 23.4. The van der Waals surface area contributed by atoms with Gasteiger partial charge < -0.3 is 15.0 Å². The van der Waals surface area contributed by atoms with Crippen molar-refractivity contribution in [1.29, 1.82) is 0 Å². The van der Waals surface area contributed by atoms with Crippen molar-refractivity contribution < 1.29 is 9.53 Å². The molecular weight excluding hydrogens is 444 g/mol. The zero-order valence-electron chi connectivity index (χ0n) is 19.4. The molecule has 3 heterocycles. The number of aromatic nitrogens is 2. The minimum absolute atomic E-state index is 0.0819. The average Bonchev–Trinajstić information content (AvgIpc) is 3.06. The van der Waals surface area contributed by atoms with Crippen LogP contribution in [0.25, 0.3) is 23.1 Å². The van der Waals surface area contributed by atoms with E-state index in [1.165, 1.54) is 10.4 Å². The van der Waals surface area contributed by atoms with Crippen LogP contribution in [-0.2, 0) is 16.8 Å². The number of carbonyl (C=O) groups is 1. The Morgan fingerprint density at radius 3 is 2.91 bits per heavy atom. The van der Waals surface area contributed by atoms with Gasteiger partial charge in [0.25, 0.3) is 0 Å². The number of hydrogen-bond acceptors (Lipinski definition) is 5. The molecule has 1 amide bonds. The first kappa shape index (κ1) is 21.1. The molecule has 7 heteroatoms. The van der Waals surface area contributed by atoms with Crippen LogP contribution >= 0.6 is 11.3 Å². The third-order valence-electron chi connectivity index (χ3n) is 6.92. The molecule has 0 bridgehead atoms. The zero-order valence-corrected chi connectivity index (χ0v) is 20.2. The Morgan fingerprint density at radius 1 is 1.21 bits per heavy atom. The molecule has 2 atom stereocenters. The van der Waals surface area contributed by atoms with Crippen molar-refractivity contribution in [1.82, 2.24) is 15.1 Å². The van der Waals surface area contributed by atoms with Crippen LogP contribution in [0.4, 0.5) is 5.69 Å². The number of hydrogen-bond donors (Lipinski definition) is 2. The molecule has 0 saturated heterocycles. The van der Waals surface area contributed by atoms with E-state index in [1.807, 2.05) is 18.2 Å². The summed E-state index contributed by atoms with van der Waals surface area (Å²) in [4.78, 5) is 16.5. The molecule has 4 aromatic rings. The lowest BCUT2D eigenvalue weighted by Gasteiger charge is -2.10. The lowest BCUT2D eigenvalue weighted by molar-refractivity contribution is -0.118. The maximum Gasteiger partial charge on any atom is 0.235 e. The van der Waals surface area contributed by atoms with E-state index < -0.39 is 5.41 Å². The van der Waals surface area contributed by atoms with E-state index in [9.17, 15) is 4.79 Å². The second-order valence-corrected chi connectivity index (χ2v) is 10.4. The van der Waals surface area contributed by atoms with Crippen molar-refractivity contribution in [2.45, 2.75) is 24.3 Å². The summed E-state index contributed by atoms with van der Waals surface area (Å²) in [7, 11) is 5.82. The molecule has 1 saturated carbocycles. The maximum absolute atomic E-state index is 13.0. The second-order valence-electron chi connectivity index (χ2n) is 9.43. The third-order valence-corrected chi connectivity index (χ3v) is 7.86. The van der Waals surface area contributed by atoms with E-state index >= 15 is 0 Å². The first-order valence-electron chi connectivity index (χ1n) is 11.4. The molecule has 1 spiro atoms. The largest absolute Gasteiger partial charge is 0.497 e. The molecule has 1 aliphatic carbocycles. The fraction of sp³-hybridized carbons (Fsp3) is 0.259. The van der Waals surface area contributed by atoms with Crippen molar-refractivity contribution in [3.05, 3.63) is 75.1 Å². The van der Waals surface area contributed by atoms with E-state index in [2.05, 4.69) is 76.3 Å². The van der Waals surface area contributed by atoms with E-state index in [1.54, 1.807) is 18.4 Å². The number of fused-ring (bicyclic) bond motifs is 3. The number of ether oxygens (including phenoxy) is 1. The summed E-state index contributed by atoms with van der Waals surface area (Å²) in [5.74, 6) is 1.01. The van der Waals surface area contributed by atoms with Gasteiger partial charge in [0.15, 0.2) is 0 Å². The van der Waals surface area contributed by atoms with Gasteiger partial charge in [-0.1, -0.05) is 18.2 Å². The number of nitrogens with one attached hydrogen (secondary N) is 2. The Morgan fingerprint density at radius 2 is 2.09 bits per heavy atom. The normalized spacial score (nSPS) is 21.1. The van der Waals surface area contributed by atoms with Crippen molar-refractivity contribution in [2.24, 2.45) is 0 Å². The van der Waals surface area contributed by atoms with Gasteiger partial charge in [-0.05, 0) is 79.0 Å². The smallest absolute Gasteiger partial charge is 0.235 e. The predicted octanol–water partition coefficient (Wildman–Crippen LogP) is 5.24. The Balaban J connectivity index is 1.26. The van der Waals surface area contributed by atoms with Gasteiger partial charge >= 0.3 is 0 Å². The molecule has 6 nitrogen and oxygen atoms in total. The Kier molecular flexibility index (Phi) is 4.86. The van der Waals surface area contributed by atoms with E-state index in [-0.39, 0.29) is 11.8 Å². The molecule has 34 heavy (non-hydrogen) atoms. The summed E-state index contributed by atoms with van der Waals surface area (Å²) in [5.41, 5.74) is 5.69. The van der Waals surface area contributed by atoms with Gasteiger partial charge in [0.2, 0.25) is 5.91 Å². The first-order chi connectivity index (χ1) is 16.5. The third kappa shape index (κ3) is 3.35. The van der Waals surface area contributed by atoms with Crippen LogP contribution in [0, 0.1) is 0 Å². The van der Waals surface area contributed by atoms with Crippen LogP contribution in [0.1, 0.15) is 39.6 Å². The molecule has 2 N–H and O–H groups in total. The van der Waals surface area contributed by atoms with Gasteiger partial charge in [0, 0.05) is 28.4 Å². The Labute approximate surface area is 202 Å². The van der Waals surface area contributed by atoms with Gasteiger partial charge in [-0.25, -0.2) is 0 Å². The van der Waals surface area contributed by atoms with Gasteiger partial charge in [-0.3, -0.25) is 9.89 Å². The minimum Gasteiger partial charge on any atom is -0.497 e. The number of amides is 1. The summed E-state index contributed by atoms with van der Waals surface area (Å²) in [6.45, 7) is 0.949. The van der Waals surface area contributed by atoms with E-state index in [0.29, 0.717) is 0 Å². The standard InChI is InChI=1S/C27H26N4O2S/c1-31(2)14-19-10-16(15-34-19)4-8-23-20-7-5-17(11-25(20)30-29-23)22-13-27(22)21-12-18(33-3)6-9-24(21)28-26(27)32/h4-12,15,22H,13-14H2,1-3H3,(H,28,32)(H,29,30)/b8-4+/t22-,27-/m0/s1. The molecular formula is C27H26N4O2S. The van der Waals surface area contributed by atoms with E-state index in [0.717, 1.165) is 52.1 Å². The Bertz CT molecular complexity index is 1450. The monoisotopic (exact) mass is 470 g/mol. The quantitative estimate of drug-likeness (QED) is 0.404. The molecule has 2 aliphatic rings. The summed E-state index contributed by atoms with van der Waals surface area (Å²) in [6, 6.07) is 14.4. The summed E-state index contributed by atoms with van der Waals surface area (Å²) in [5, 5.41) is 14.0. The molecule has 2 aromatic heterocycles. The van der Waals surface area contributed by atoms with Gasteiger partial charge in [-0.15, -0.1) is 11.3 Å². The van der Waals surface area contributed by atoms with Crippen LogP contribution in [-0.4, -0.2) is 42.2 Å². The van der Waals surface area contributed by atoms with Crippen LogP contribution in [0.5, 0.6) is 5.75 Å². The number of rotatable bonds is 6. The van der Waals surface area contributed by atoms with Crippen molar-refractivity contribution in [2.75, 3.05) is 26.5 Å². The van der Waals surface area contributed by atoms with Gasteiger partial charge in [0.05, 0.1) is 23.7 Å². The van der Waals surface area contributed by atoms with Crippen LogP contribution < -0.4 is 10.1 Å². The van der Waals surface area contributed by atoms with Crippen molar-refractivity contribution in [3.8, 4) is 5.75 Å². The molecule has 1 aliphatic heterocycles. The minimum atomic E-state index is -0.497. The number of carbonyl (C=O) groups excluding carboxylic acids is 1. The average molecular weight is 471 g/mol. The van der Waals surface area contributed by atoms with Crippen molar-refractivity contribution >= 4 is 46.0 Å². The van der Waals surface area contributed by atoms with Gasteiger partial charge in [-0.2, -0.15) is 5.10 Å².